The van der Waals surface area contributed by atoms with E-state index in [1.807, 2.05) is 0 Å². The summed E-state index contributed by atoms with van der Waals surface area (Å²) in [6.07, 6.45) is -0.0337. The van der Waals surface area contributed by atoms with E-state index in [9.17, 15) is 4.79 Å². The fourth-order valence-electron chi connectivity index (χ4n) is 1.22. The van der Waals surface area contributed by atoms with Crippen molar-refractivity contribution < 1.29 is 14.6 Å². The summed E-state index contributed by atoms with van der Waals surface area (Å²) in [5, 5.41) is 8.63. The third kappa shape index (κ3) is 2.47. The molecule has 0 spiro atoms. The summed E-state index contributed by atoms with van der Waals surface area (Å²) in [5.74, 6) is -0.292. The summed E-state index contributed by atoms with van der Waals surface area (Å²) in [7, 11) is 1.51. The first-order chi connectivity index (χ1) is 6.67. The van der Waals surface area contributed by atoms with Gasteiger partial charge in [0, 0.05) is 12.1 Å². The fraction of sp³-hybridized carbons (Fsp3) is 0.300. The Kier molecular flexibility index (Phi) is 3.48. The average Bonchev–Trinajstić information content (AvgIpc) is 2.17. The molecule has 0 radical (unpaired) electrons. The predicted molar refractivity (Wildman–Crippen MR) is 52.2 cm³/mol. The second kappa shape index (κ2) is 4.62. The van der Waals surface area contributed by atoms with Crippen LogP contribution in [0.3, 0.4) is 0 Å². The van der Waals surface area contributed by atoms with Gasteiger partial charge >= 0.3 is 5.97 Å². The Balaban J connectivity index is 2.98. The lowest BCUT2D eigenvalue weighted by Crippen LogP contribution is -2.04. The van der Waals surface area contributed by atoms with Crippen LogP contribution >= 0.6 is 0 Å². The van der Waals surface area contributed by atoms with Crippen molar-refractivity contribution in [3.8, 4) is 5.75 Å². The van der Waals surface area contributed by atoms with Gasteiger partial charge in [-0.05, 0) is 11.6 Å². The van der Waals surface area contributed by atoms with Crippen molar-refractivity contribution in [3.63, 3.8) is 0 Å². The highest BCUT2D eigenvalue weighted by Crippen LogP contribution is 2.20. The van der Waals surface area contributed by atoms with E-state index in [0.29, 0.717) is 17.9 Å². The first-order valence-electron chi connectivity index (χ1n) is 4.25. The quantitative estimate of drug-likeness (QED) is 0.744. The minimum absolute atomic E-state index is 0.0337. The summed E-state index contributed by atoms with van der Waals surface area (Å²) >= 11 is 0. The first kappa shape index (κ1) is 10.5. The highest BCUT2D eigenvalue weighted by molar-refractivity contribution is 5.71. The normalized spacial score (nSPS) is 9.86. The second-order valence-electron chi connectivity index (χ2n) is 2.92. The Labute approximate surface area is 82.3 Å². The number of benzene rings is 1. The van der Waals surface area contributed by atoms with E-state index in [1.165, 1.54) is 7.11 Å². The molecular formula is C10H13NO3. The molecule has 0 heterocycles. The zero-order valence-corrected chi connectivity index (χ0v) is 7.99. The van der Waals surface area contributed by atoms with Gasteiger partial charge in [0.1, 0.15) is 5.75 Å². The number of ether oxygens (including phenoxy) is 1. The Hall–Kier alpha value is -1.55. The maximum absolute atomic E-state index is 10.5. The van der Waals surface area contributed by atoms with Gasteiger partial charge in [0.25, 0.3) is 0 Å². The van der Waals surface area contributed by atoms with E-state index < -0.39 is 5.97 Å². The van der Waals surface area contributed by atoms with Crippen LogP contribution < -0.4 is 10.5 Å². The van der Waals surface area contributed by atoms with Crippen LogP contribution in [-0.2, 0) is 17.8 Å². The zero-order valence-electron chi connectivity index (χ0n) is 7.99. The lowest BCUT2D eigenvalue weighted by atomic mass is 10.1. The largest absolute Gasteiger partial charge is 0.496 e. The lowest BCUT2D eigenvalue weighted by molar-refractivity contribution is -0.136. The standard InChI is InChI=1S/C10H13NO3/c1-14-9-4-7(6-11)2-3-8(9)5-10(12)13/h2-4H,5-6,11H2,1H3,(H,12,13). The molecule has 0 amide bonds. The molecule has 0 unspecified atom stereocenters. The maximum atomic E-state index is 10.5. The van der Waals surface area contributed by atoms with Gasteiger partial charge in [0.15, 0.2) is 0 Å². The van der Waals surface area contributed by atoms with Gasteiger partial charge in [0.05, 0.1) is 13.5 Å². The summed E-state index contributed by atoms with van der Waals surface area (Å²) in [4.78, 5) is 10.5. The van der Waals surface area contributed by atoms with Crippen molar-refractivity contribution >= 4 is 5.97 Å². The van der Waals surface area contributed by atoms with E-state index in [1.54, 1.807) is 18.2 Å². The van der Waals surface area contributed by atoms with E-state index in [-0.39, 0.29) is 6.42 Å². The molecule has 1 rings (SSSR count). The van der Waals surface area contributed by atoms with Gasteiger partial charge in [-0.15, -0.1) is 0 Å². The highest BCUT2D eigenvalue weighted by atomic mass is 16.5. The molecule has 0 bridgehead atoms. The number of hydrogen-bond acceptors (Lipinski definition) is 3. The van der Waals surface area contributed by atoms with Gasteiger partial charge in [-0.2, -0.15) is 0 Å². The van der Waals surface area contributed by atoms with Crippen LogP contribution in [0, 0.1) is 0 Å². The molecule has 4 heteroatoms. The Morgan fingerprint density at radius 1 is 1.57 bits per heavy atom. The van der Waals surface area contributed by atoms with Crippen molar-refractivity contribution in [1.82, 2.24) is 0 Å². The number of carbonyl (C=O) groups is 1. The second-order valence-corrected chi connectivity index (χ2v) is 2.92. The van der Waals surface area contributed by atoms with Crippen LogP contribution in [0.2, 0.25) is 0 Å². The van der Waals surface area contributed by atoms with Crippen molar-refractivity contribution in [3.05, 3.63) is 29.3 Å². The van der Waals surface area contributed by atoms with Crippen LogP contribution in [-0.4, -0.2) is 18.2 Å². The molecule has 0 saturated carbocycles. The van der Waals surface area contributed by atoms with Gasteiger partial charge in [0.2, 0.25) is 0 Å². The van der Waals surface area contributed by atoms with Crippen LogP contribution in [0.4, 0.5) is 0 Å². The van der Waals surface area contributed by atoms with Gasteiger partial charge < -0.3 is 15.6 Å². The van der Waals surface area contributed by atoms with Crippen molar-refractivity contribution in [2.24, 2.45) is 5.73 Å². The molecule has 0 aliphatic rings. The lowest BCUT2D eigenvalue weighted by Gasteiger charge is -2.07. The number of rotatable bonds is 4. The molecule has 14 heavy (non-hydrogen) atoms. The van der Waals surface area contributed by atoms with E-state index in [2.05, 4.69) is 0 Å². The molecule has 4 nitrogen and oxygen atoms in total. The first-order valence-corrected chi connectivity index (χ1v) is 4.25. The number of carboxylic acid groups (broad SMARTS) is 1. The molecule has 76 valence electrons. The smallest absolute Gasteiger partial charge is 0.307 e. The third-order valence-electron chi connectivity index (χ3n) is 1.93. The van der Waals surface area contributed by atoms with Gasteiger partial charge in [-0.25, -0.2) is 0 Å². The van der Waals surface area contributed by atoms with Crippen molar-refractivity contribution in [1.29, 1.82) is 0 Å². The molecule has 0 saturated heterocycles. The molecule has 0 atom stereocenters. The highest BCUT2D eigenvalue weighted by Gasteiger charge is 2.07. The topological polar surface area (TPSA) is 72.5 Å². The fourth-order valence-corrected chi connectivity index (χ4v) is 1.22. The number of carboxylic acids is 1. The molecule has 0 fully saturated rings. The summed E-state index contributed by atoms with van der Waals surface area (Å²) < 4.78 is 5.07. The van der Waals surface area contributed by atoms with E-state index >= 15 is 0 Å². The number of methoxy groups -OCH3 is 1. The van der Waals surface area contributed by atoms with Gasteiger partial charge in [-0.3, -0.25) is 4.79 Å². The Morgan fingerprint density at radius 3 is 2.79 bits per heavy atom. The van der Waals surface area contributed by atoms with Gasteiger partial charge in [-0.1, -0.05) is 12.1 Å². The van der Waals surface area contributed by atoms with Crippen molar-refractivity contribution in [2.75, 3.05) is 7.11 Å². The minimum Gasteiger partial charge on any atom is -0.496 e. The summed E-state index contributed by atoms with van der Waals surface area (Å²) in [6.45, 7) is 0.420. The predicted octanol–water partition coefficient (Wildman–Crippen LogP) is 0.781. The summed E-state index contributed by atoms with van der Waals surface area (Å²) in [5.41, 5.74) is 7.04. The molecular weight excluding hydrogens is 182 g/mol. The molecule has 1 aromatic carbocycles. The zero-order chi connectivity index (χ0) is 10.6. The molecule has 0 aliphatic heterocycles. The monoisotopic (exact) mass is 195 g/mol. The molecule has 0 aliphatic carbocycles. The number of hydrogen-bond donors (Lipinski definition) is 2. The van der Waals surface area contributed by atoms with Crippen LogP contribution in [0.5, 0.6) is 5.75 Å². The van der Waals surface area contributed by atoms with Crippen LogP contribution in [0.25, 0.3) is 0 Å². The Bertz CT molecular complexity index is 336. The third-order valence-corrected chi connectivity index (χ3v) is 1.93. The van der Waals surface area contributed by atoms with E-state index in [4.69, 9.17) is 15.6 Å². The Morgan fingerprint density at radius 2 is 2.29 bits per heavy atom. The molecule has 0 aromatic heterocycles. The number of nitrogens with two attached hydrogens (primary N) is 1. The molecule has 3 N–H and O–H groups in total. The van der Waals surface area contributed by atoms with Crippen LogP contribution in [0.1, 0.15) is 11.1 Å². The minimum atomic E-state index is -0.871. The number of aliphatic carboxylic acids is 1. The van der Waals surface area contributed by atoms with E-state index in [0.717, 1.165) is 5.56 Å². The summed E-state index contributed by atoms with van der Waals surface area (Å²) in [6, 6.07) is 5.30. The average molecular weight is 195 g/mol. The maximum Gasteiger partial charge on any atom is 0.307 e. The SMILES string of the molecule is COc1cc(CN)ccc1CC(=O)O. The van der Waals surface area contributed by atoms with Crippen LogP contribution in [0.15, 0.2) is 18.2 Å². The van der Waals surface area contributed by atoms with Crippen molar-refractivity contribution in [2.45, 2.75) is 13.0 Å². The molecule has 1 aromatic rings.